The van der Waals surface area contributed by atoms with Gasteiger partial charge in [0.2, 0.25) is 0 Å². The summed E-state index contributed by atoms with van der Waals surface area (Å²) in [6, 6.07) is 12.2. The number of benzene rings is 1. The highest BCUT2D eigenvalue weighted by molar-refractivity contribution is 9.10. The first-order valence-electron chi connectivity index (χ1n) is 5.32. The molecule has 0 radical (unpaired) electrons. The molecule has 4 heteroatoms. The quantitative estimate of drug-likeness (QED) is 0.686. The molecule has 0 bridgehead atoms. The number of fused-ring (bicyclic) bond motifs is 1. The van der Waals surface area contributed by atoms with Crippen molar-refractivity contribution in [3.63, 3.8) is 0 Å². The Hall–Kier alpha value is -1.68. The molecule has 3 rings (SSSR count). The summed E-state index contributed by atoms with van der Waals surface area (Å²) in [4.78, 5) is 0. The van der Waals surface area contributed by atoms with Crippen LogP contribution in [-0.4, -0.2) is 14.8 Å². The van der Waals surface area contributed by atoms with Crippen LogP contribution in [0.5, 0.6) is 0 Å². The van der Waals surface area contributed by atoms with E-state index in [-0.39, 0.29) is 0 Å². The van der Waals surface area contributed by atoms with E-state index < -0.39 is 0 Å². The Morgan fingerprint density at radius 2 is 1.94 bits per heavy atom. The van der Waals surface area contributed by atoms with Gasteiger partial charge in [-0.15, -0.1) is 5.10 Å². The largest absolute Gasteiger partial charge is 0.219 e. The molecule has 0 unspecified atom stereocenters. The van der Waals surface area contributed by atoms with E-state index in [4.69, 9.17) is 0 Å². The van der Waals surface area contributed by atoms with Crippen LogP contribution in [0.4, 0.5) is 0 Å². The third-order valence-corrected chi connectivity index (χ3v) is 3.25. The van der Waals surface area contributed by atoms with Crippen molar-refractivity contribution in [1.82, 2.24) is 14.8 Å². The fourth-order valence-electron chi connectivity index (χ4n) is 1.90. The van der Waals surface area contributed by atoms with Crippen molar-refractivity contribution in [2.24, 2.45) is 0 Å². The molecule has 1 aromatic carbocycles. The van der Waals surface area contributed by atoms with E-state index in [1.165, 1.54) is 5.56 Å². The van der Waals surface area contributed by atoms with Crippen LogP contribution in [0.3, 0.4) is 0 Å². The normalized spacial score (nSPS) is 10.9. The molecule has 0 aliphatic carbocycles. The molecule has 84 valence electrons. The summed E-state index contributed by atoms with van der Waals surface area (Å²) in [5, 5.41) is 8.39. The van der Waals surface area contributed by atoms with Gasteiger partial charge in [0.1, 0.15) is 5.69 Å². The van der Waals surface area contributed by atoms with Gasteiger partial charge in [0.15, 0.2) is 0 Å². The summed E-state index contributed by atoms with van der Waals surface area (Å²) in [7, 11) is 0. The molecule has 0 fully saturated rings. The highest BCUT2D eigenvalue weighted by Gasteiger charge is 2.10. The van der Waals surface area contributed by atoms with Crippen LogP contribution < -0.4 is 0 Å². The fraction of sp³-hybridized carbons (Fsp3) is 0.0769. The third kappa shape index (κ3) is 1.74. The maximum Gasteiger partial charge on any atom is 0.121 e. The van der Waals surface area contributed by atoms with E-state index in [1.54, 1.807) is 4.52 Å². The van der Waals surface area contributed by atoms with E-state index >= 15 is 0 Å². The van der Waals surface area contributed by atoms with Crippen LogP contribution in [0.2, 0.25) is 0 Å². The van der Waals surface area contributed by atoms with E-state index in [9.17, 15) is 0 Å². The molecule has 0 aliphatic heterocycles. The van der Waals surface area contributed by atoms with Crippen molar-refractivity contribution in [1.29, 1.82) is 0 Å². The van der Waals surface area contributed by atoms with Gasteiger partial charge < -0.3 is 0 Å². The molecule has 0 atom stereocenters. The van der Waals surface area contributed by atoms with E-state index in [0.29, 0.717) is 0 Å². The Bertz CT molecular complexity index is 688. The zero-order valence-corrected chi connectivity index (χ0v) is 10.8. The molecule has 17 heavy (non-hydrogen) atoms. The van der Waals surface area contributed by atoms with Crippen LogP contribution in [0.15, 0.2) is 47.1 Å². The Morgan fingerprint density at radius 1 is 1.12 bits per heavy atom. The number of pyridine rings is 1. The first-order chi connectivity index (χ1) is 8.25. The second-order valence-electron chi connectivity index (χ2n) is 3.93. The first kappa shape index (κ1) is 10.5. The lowest BCUT2D eigenvalue weighted by atomic mass is 10.1. The van der Waals surface area contributed by atoms with Gasteiger partial charge in [-0.1, -0.05) is 29.5 Å². The number of rotatable bonds is 1. The smallest absolute Gasteiger partial charge is 0.121 e. The van der Waals surface area contributed by atoms with Crippen LogP contribution in [0.1, 0.15) is 5.56 Å². The van der Waals surface area contributed by atoms with E-state index in [0.717, 1.165) is 21.2 Å². The molecule has 0 spiro atoms. The molecular formula is C13H10BrN3. The molecule has 0 amide bonds. The maximum atomic E-state index is 4.26. The predicted molar refractivity (Wildman–Crippen MR) is 70.9 cm³/mol. The van der Waals surface area contributed by atoms with Gasteiger partial charge in [-0.05, 0) is 40.5 Å². The topological polar surface area (TPSA) is 30.2 Å². The maximum absolute atomic E-state index is 4.26. The van der Waals surface area contributed by atoms with Gasteiger partial charge >= 0.3 is 0 Å². The van der Waals surface area contributed by atoms with Gasteiger partial charge in [0, 0.05) is 16.2 Å². The molecule has 2 heterocycles. The van der Waals surface area contributed by atoms with E-state index in [1.807, 2.05) is 30.5 Å². The molecule has 0 saturated heterocycles. The van der Waals surface area contributed by atoms with Gasteiger partial charge in [0.05, 0.1) is 5.52 Å². The lowest BCUT2D eigenvalue weighted by Gasteiger charge is -2.01. The molecule has 0 saturated carbocycles. The second kappa shape index (κ2) is 3.96. The predicted octanol–water partition coefficient (Wildman–Crippen LogP) is 3.47. The Labute approximate surface area is 107 Å². The van der Waals surface area contributed by atoms with E-state index in [2.05, 4.69) is 45.3 Å². The summed E-state index contributed by atoms with van der Waals surface area (Å²) in [5.41, 5.74) is 4.28. The van der Waals surface area contributed by atoms with Gasteiger partial charge in [0.25, 0.3) is 0 Å². The van der Waals surface area contributed by atoms with Crippen LogP contribution in [0, 0.1) is 6.92 Å². The monoisotopic (exact) mass is 287 g/mol. The third-order valence-electron chi connectivity index (χ3n) is 2.78. The Kier molecular flexibility index (Phi) is 2.44. The SMILES string of the molecule is Cc1ccccc1-c1nnn2cc(Br)ccc12. The number of aromatic nitrogens is 3. The highest BCUT2D eigenvalue weighted by atomic mass is 79.9. The Morgan fingerprint density at radius 3 is 2.76 bits per heavy atom. The van der Waals surface area contributed by atoms with Crippen molar-refractivity contribution in [2.75, 3.05) is 0 Å². The molecule has 3 aromatic rings. The number of nitrogens with zero attached hydrogens (tertiary/aromatic N) is 3. The minimum atomic E-state index is 0.926. The molecule has 0 aliphatic rings. The summed E-state index contributed by atoms with van der Waals surface area (Å²) in [6.45, 7) is 2.08. The molecular weight excluding hydrogens is 278 g/mol. The number of hydrogen-bond donors (Lipinski definition) is 0. The summed E-state index contributed by atoms with van der Waals surface area (Å²) in [5.74, 6) is 0. The van der Waals surface area contributed by atoms with Crippen molar-refractivity contribution in [2.45, 2.75) is 6.92 Å². The fourth-order valence-corrected chi connectivity index (χ4v) is 2.23. The van der Waals surface area contributed by atoms with Gasteiger partial charge in [-0.25, -0.2) is 4.52 Å². The lowest BCUT2D eigenvalue weighted by Crippen LogP contribution is -1.86. The van der Waals surface area contributed by atoms with Crippen molar-refractivity contribution in [3.8, 4) is 11.3 Å². The van der Waals surface area contributed by atoms with Crippen LogP contribution in [-0.2, 0) is 0 Å². The standard InChI is InChI=1S/C13H10BrN3/c1-9-4-2-3-5-11(9)13-12-7-6-10(14)8-17(12)16-15-13/h2-8H,1H3. The first-order valence-corrected chi connectivity index (χ1v) is 6.11. The summed E-state index contributed by atoms with van der Waals surface area (Å²) < 4.78 is 2.78. The molecule has 2 aromatic heterocycles. The van der Waals surface area contributed by atoms with Gasteiger partial charge in [-0.2, -0.15) is 0 Å². The number of aryl methyl sites for hydroxylation is 1. The average Bonchev–Trinajstić information content (AvgIpc) is 2.72. The minimum absolute atomic E-state index is 0.926. The zero-order chi connectivity index (χ0) is 11.8. The second-order valence-corrected chi connectivity index (χ2v) is 4.85. The van der Waals surface area contributed by atoms with Crippen molar-refractivity contribution < 1.29 is 0 Å². The van der Waals surface area contributed by atoms with Gasteiger partial charge in [-0.3, -0.25) is 0 Å². The zero-order valence-electron chi connectivity index (χ0n) is 9.26. The molecule has 3 nitrogen and oxygen atoms in total. The minimum Gasteiger partial charge on any atom is -0.219 e. The average molecular weight is 288 g/mol. The highest BCUT2D eigenvalue weighted by Crippen LogP contribution is 2.25. The van der Waals surface area contributed by atoms with Crippen LogP contribution in [0.25, 0.3) is 16.8 Å². The molecule has 0 N–H and O–H groups in total. The summed E-state index contributed by atoms with van der Waals surface area (Å²) >= 11 is 3.42. The number of hydrogen-bond acceptors (Lipinski definition) is 2. The van der Waals surface area contributed by atoms with Crippen LogP contribution >= 0.6 is 15.9 Å². The van der Waals surface area contributed by atoms with Crippen molar-refractivity contribution >= 4 is 21.4 Å². The number of halogens is 1. The van der Waals surface area contributed by atoms with Crippen molar-refractivity contribution in [3.05, 3.63) is 52.6 Å². The summed E-state index contributed by atoms with van der Waals surface area (Å²) in [6.07, 6.45) is 1.91. The lowest BCUT2D eigenvalue weighted by molar-refractivity contribution is 0.854. The Balaban J connectivity index is 2.29.